The molecule has 106 valence electrons. The van der Waals surface area contributed by atoms with Crippen molar-refractivity contribution in [2.45, 2.75) is 71.6 Å². The molecule has 0 bridgehead atoms. The van der Waals surface area contributed by atoms with Crippen LogP contribution in [0.2, 0.25) is 0 Å². The van der Waals surface area contributed by atoms with Crippen LogP contribution in [0.25, 0.3) is 0 Å². The van der Waals surface area contributed by atoms with E-state index in [1.165, 1.54) is 64.3 Å². The van der Waals surface area contributed by atoms with E-state index in [0.717, 1.165) is 0 Å². The topological polar surface area (TPSA) is 4.44 Å². The van der Waals surface area contributed by atoms with Gasteiger partial charge in [-0.3, -0.25) is 4.90 Å². The lowest BCUT2D eigenvalue weighted by atomic mass is 10.1. The molecule has 0 amide bonds. The minimum Gasteiger partial charge on any atom is -1.00 e. The van der Waals surface area contributed by atoms with Gasteiger partial charge in [0.15, 0.2) is 0 Å². The molecule has 18 heavy (non-hydrogen) atoms. The molecule has 0 saturated heterocycles. The maximum absolute atomic E-state index is 2.33. The molecule has 0 spiro atoms. The smallest absolute Gasteiger partial charge is 0.112 e. The van der Waals surface area contributed by atoms with Crippen molar-refractivity contribution in [2.24, 2.45) is 0 Å². The van der Waals surface area contributed by atoms with Crippen LogP contribution in [0.5, 0.6) is 0 Å². The first kappa shape index (κ1) is 17.4. The predicted molar refractivity (Wildman–Crippen MR) is 76.0 cm³/mol. The van der Waals surface area contributed by atoms with Gasteiger partial charge in [0.05, 0.1) is 12.7 Å². The van der Waals surface area contributed by atoms with Crippen molar-refractivity contribution < 1.29 is 9.60 Å². The fourth-order valence-electron chi connectivity index (χ4n) is 2.45. The Bertz CT molecular complexity index is 245. The summed E-state index contributed by atoms with van der Waals surface area (Å²) in [5, 5.41) is 0. The number of hydrogen-bond acceptors (Lipinski definition) is 0. The van der Waals surface area contributed by atoms with Gasteiger partial charge in [-0.05, 0) is 25.3 Å². The SMILES string of the molecule is CCCCCCCC[NH+]1C=CC=C1CCCC.[F-]. The van der Waals surface area contributed by atoms with Crippen molar-refractivity contribution in [1.82, 2.24) is 0 Å². The van der Waals surface area contributed by atoms with Crippen molar-refractivity contribution >= 4 is 0 Å². The van der Waals surface area contributed by atoms with E-state index in [9.17, 15) is 0 Å². The highest BCUT2D eigenvalue weighted by Crippen LogP contribution is 2.06. The predicted octanol–water partition coefficient (Wildman–Crippen LogP) is 0.837. The third-order valence-corrected chi connectivity index (χ3v) is 3.61. The molecule has 0 aromatic carbocycles. The summed E-state index contributed by atoms with van der Waals surface area (Å²) >= 11 is 0. The normalized spacial score (nSPS) is 17.7. The molecule has 1 atom stereocenters. The highest BCUT2D eigenvalue weighted by molar-refractivity contribution is 5.10. The van der Waals surface area contributed by atoms with Gasteiger partial charge in [0.1, 0.15) is 5.70 Å². The van der Waals surface area contributed by atoms with Crippen LogP contribution in [-0.4, -0.2) is 6.54 Å². The maximum atomic E-state index is 2.33. The Morgan fingerprint density at radius 3 is 2.28 bits per heavy atom. The van der Waals surface area contributed by atoms with Crippen LogP contribution in [-0.2, 0) is 0 Å². The minimum absolute atomic E-state index is 0. The summed E-state index contributed by atoms with van der Waals surface area (Å²) in [7, 11) is 0. The van der Waals surface area contributed by atoms with Crippen LogP contribution in [0.15, 0.2) is 24.0 Å². The molecular weight excluding hydrogens is 225 g/mol. The van der Waals surface area contributed by atoms with Gasteiger partial charge in [0.2, 0.25) is 0 Å². The quantitative estimate of drug-likeness (QED) is 0.552. The van der Waals surface area contributed by atoms with Crippen LogP contribution in [0.4, 0.5) is 0 Å². The molecule has 1 aliphatic heterocycles. The molecule has 0 aromatic heterocycles. The lowest BCUT2D eigenvalue weighted by molar-refractivity contribution is -0.804. The summed E-state index contributed by atoms with van der Waals surface area (Å²) in [5.74, 6) is 0. The lowest BCUT2D eigenvalue weighted by Gasteiger charge is -2.14. The number of unbranched alkanes of at least 4 members (excludes halogenated alkanes) is 6. The van der Waals surface area contributed by atoms with Gasteiger partial charge in [-0.1, -0.05) is 46.0 Å². The van der Waals surface area contributed by atoms with Gasteiger partial charge < -0.3 is 4.70 Å². The molecule has 2 heteroatoms. The number of quaternary nitrogens is 1. The van der Waals surface area contributed by atoms with Gasteiger partial charge in [-0.15, -0.1) is 0 Å². The minimum atomic E-state index is 0. The Morgan fingerprint density at radius 2 is 1.56 bits per heavy atom. The monoisotopic (exact) mass is 255 g/mol. The first-order chi connectivity index (χ1) is 8.38. The van der Waals surface area contributed by atoms with Crippen molar-refractivity contribution in [3.63, 3.8) is 0 Å². The van der Waals surface area contributed by atoms with E-state index in [-0.39, 0.29) is 4.70 Å². The molecule has 0 aliphatic carbocycles. The Morgan fingerprint density at radius 1 is 0.889 bits per heavy atom. The largest absolute Gasteiger partial charge is 1.00 e. The van der Waals surface area contributed by atoms with Crippen LogP contribution in [0, 0.1) is 0 Å². The second-order valence-electron chi connectivity index (χ2n) is 5.20. The van der Waals surface area contributed by atoms with E-state index in [1.807, 2.05) is 0 Å². The molecule has 0 saturated carbocycles. The molecule has 1 rings (SSSR count). The van der Waals surface area contributed by atoms with Gasteiger partial charge in [-0.2, -0.15) is 0 Å². The number of rotatable bonds is 10. The fourth-order valence-corrected chi connectivity index (χ4v) is 2.45. The first-order valence-electron chi connectivity index (χ1n) is 7.62. The summed E-state index contributed by atoms with van der Waals surface area (Å²) in [6.45, 7) is 5.86. The third-order valence-electron chi connectivity index (χ3n) is 3.61. The van der Waals surface area contributed by atoms with Crippen LogP contribution in [0.1, 0.15) is 71.6 Å². The van der Waals surface area contributed by atoms with Crippen LogP contribution in [0.3, 0.4) is 0 Å². The van der Waals surface area contributed by atoms with E-state index in [2.05, 4.69) is 32.2 Å². The van der Waals surface area contributed by atoms with Gasteiger partial charge in [-0.25, -0.2) is 0 Å². The summed E-state index contributed by atoms with van der Waals surface area (Å²) in [6, 6.07) is 0. The molecule has 1 heterocycles. The number of nitrogens with one attached hydrogen (secondary N) is 1. The van der Waals surface area contributed by atoms with Crippen molar-refractivity contribution in [3.8, 4) is 0 Å². The van der Waals surface area contributed by atoms with E-state index < -0.39 is 0 Å². The zero-order valence-corrected chi connectivity index (χ0v) is 12.2. The van der Waals surface area contributed by atoms with Crippen molar-refractivity contribution in [3.05, 3.63) is 24.0 Å². The standard InChI is InChI=1S/C16H29N.FH/c1-3-5-7-8-9-10-14-17-15-11-13-16(17)12-6-4-2;/h11,13,15H,3-10,12,14H2,1-2H3;1H. The van der Waals surface area contributed by atoms with Gasteiger partial charge in [0.25, 0.3) is 0 Å². The fraction of sp³-hybridized carbons (Fsp3) is 0.750. The second-order valence-corrected chi connectivity index (χ2v) is 5.20. The molecular formula is C16H30FN. The Hall–Kier alpha value is -0.630. The van der Waals surface area contributed by atoms with E-state index >= 15 is 0 Å². The summed E-state index contributed by atoms with van der Waals surface area (Å²) in [4.78, 5) is 1.62. The molecule has 0 fully saturated rings. The number of allylic oxidation sites excluding steroid dienone is 3. The highest BCUT2D eigenvalue weighted by Gasteiger charge is 2.15. The molecule has 1 unspecified atom stereocenters. The van der Waals surface area contributed by atoms with Crippen molar-refractivity contribution in [1.29, 1.82) is 0 Å². The summed E-state index contributed by atoms with van der Waals surface area (Å²) in [5.41, 5.74) is 1.61. The van der Waals surface area contributed by atoms with E-state index in [0.29, 0.717) is 0 Å². The summed E-state index contributed by atoms with van der Waals surface area (Å²) < 4.78 is 0. The Labute approximate surface area is 112 Å². The third kappa shape index (κ3) is 6.95. The first-order valence-corrected chi connectivity index (χ1v) is 7.62. The average Bonchev–Trinajstić information content (AvgIpc) is 2.78. The number of halogens is 1. The van der Waals surface area contributed by atoms with Crippen molar-refractivity contribution in [2.75, 3.05) is 6.54 Å². The van der Waals surface area contributed by atoms with Crippen LogP contribution < -0.4 is 9.60 Å². The number of hydrogen-bond donors (Lipinski definition) is 1. The molecule has 1 nitrogen and oxygen atoms in total. The van der Waals surface area contributed by atoms with Crippen LogP contribution >= 0.6 is 0 Å². The van der Waals surface area contributed by atoms with E-state index in [4.69, 9.17) is 0 Å². The van der Waals surface area contributed by atoms with Gasteiger partial charge >= 0.3 is 0 Å². The molecule has 0 aromatic rings. The zero-order valence-electron chi connectivity index (χ0n) is 12.2. The summed E-state index contributed by atoms with van der Waals surface area (Å²) in [6.07, 6.45) is 19.2. The average molecular weight is 255 g/mol. The Kier molecular flexibility index (Phi) is 11.1. The molecule has 1 N–H and O–H groups in total. The van der Waals surface area contributed by atoms with E-state index in [1.54, 1.807) is 10.6 Å². The highest BCUT2D eigenvalue weighted by atomic mass is 19.0. The Balaban J connectivity index is 0.00000289. The second kappa shape index (κ2) is 11.5. The maximum Gasteiger partial charge on any atom is 0.112 e. The lowest BCUT2D eigenvalue weighted by Crippen LogP contribution is -3.04. The zero-order chi connectivity index (χ0) is 12.3. The van der Waals surface area contributed by atoms with Gasteiger partial charge in [0, 0.05) is 12.5 Å². The molecule has 0 radical (unpaired) electrons. The molecule has 1 aliphatic rings.